The normalized spacial score (nSPS) is 33.7. The van der Waals surface area contributed by atoms with Gasteiger partial charge in [-0.05, 0) is 75.3 Å². The zero-order valence-electron chi connectivity index (χ0n) is 15.5. The Bertz CT molecular complexity index is 755. The van der Waals surface area contributed by atoms with Crippen molar-refractivity contribution in [2.75, 3.05) is 10.6 Å². The van der Waals surface area contributed by atoms with Crippen LogP contribution in [0.1, 0.15) is 45.4 Å². The van der Waals surface area contributed by atoms with E-state index in [1.165, 1.54) is 23.6 Å². The van der Waals surface area contributed by atoms with E-state index in [1.54, 1.807) is 31.2 Å². The van der Waals surface area contributed by atoms with Crippen molar-refractivity contribution in [3.63, 3.8) is 0 Å². The molecule has 5 rings (SSSR count). The highest BCUT2D eigenvalue weighted by molar-refractivity contribution is 7.92. The van der Waals surface area contributed by atoms with Gasteiger partial charge in [0.15, 0.2) is 0 Å². The third-order valence-electron chi connectivity index (χ3n) is 6.53. The van der Waals surface area contributed by atoms with Crippen molar-refractivity contribution in [2.24, 2.45) is 17.8 Å². The largest absolute Gasteiger partial charge is 0.349 e. The lowest BCUT2D eigenvalue weighted by Crippen LogP contribution is -2.62. The summed E-state index contributed by atoms with van der Waals surface area (Å²) in [6.45, 7) is 1.68. The molecule has 5 nitrogen and oxygen atoms in total. The van der Waals surface area contributed by atoms with Gasteiger partial charge in [-0.25, -0.2) is 8.42 Å². The molecular weight excluding hydrogens is 348 g/mol. The fourth-order valence-electron chi connectivity index (χ4n) is 6.01. The Hall–Kier alpha value is -1.56. The summed E-state index contributed by atoms with van der Waals surface area (Å²) in [6, 6.07) is 8.12. The molecule has 4 aliphatic rings. The van der Waals surface area contributed by atoms with E-state index in [0.717, 1.165) is 43.3 Å². The lowest BCUT2D eigenvalue weighted by molar-refractivity contribution is -0.127. The van der Waals surface area contributed by atoms with Crippen LogP contribution in [0.4, 0.5) is 5.69 Å². The van der Waals surface area contributed by atoms with Gasteiger partial charge in [-0.1, -0.05) is 18.2 Å². The van der Waals surface area contributed by atoms with Gasteiger partial charge in [0.25, 0.3) is 0 Å². The van der Waals surface area contributed by atoms with E-state index in [0.29, 0.717) is 5.69 Å². The van der Waals surface area contributed by atoms with Crippen LogP contribution in [0.5, 0.6) is 0 Å². The van der Waals surface area contributed by atoms with Gasteiger partial charge in [0.1, 0.15) is 6.04 Å². The van der Waals surface area contributed by atoms with Crippen molar-refractivity contribution in [1.29, 1.82) is 0 Å². The van der Waals surface area contributed by atoms with Gasteiger partial charge in [-0.15, -0.1) is 0 Å². The summed E-state index contributed by atoms with van der Waals surface area (Å²) in [4.78, 5) is 13.1. The fraction of sp³-hybridized carbons (Fsp3) is 0.650. The Morgan fingerprint density at radius 1 is 1.08 bits per heavy atom. The number of carbonyl (C=O) groups excluding carboxylic acids is 1. The predicted octanol–water partition coefficient (Wildman–Crippen LogP) is 2.93. The maximum atomic E-state index is 13.1. The minimum atomic E-state index is -3.56. The second-order valence-corrected chi connectivity index (χ2v) is 10.6. The number of anilines is 1. The highest BCUT2D eigenvalue weighted by atomic mass is 32.2. The van der Waals surface area contributed by atoms with Crippen molar-refractivity contribution < 1.29 is 13.2 Å². The second kappa shape index (κ2) is 6.25. The maximum Gasteiger partial charge on any atom is 0.244 e. The molecule has 0 aromatic heterocycles. The molecule has 1 aromatic carbocycles. The van der Waals surface area contributed by atoms with Crippen LogP contribution >= 0.6 is 0 Å². The number of benzene rings is 1. The first-order valence-electron chi connectivity index (χ1n) is 9.62. The highest BCUT2D eigenvalue weighted by Crippen LogP contribution is 2.55. The van der Waals surface area contributed by atoms with Crippen molar-refractivity contribution in [1.82, 2.24) is 5.32 Å². The molecule has 0 spiro atoms. The molecule has 0 radical (unpaired) electrons. The monoisotopic (exact) mass is 376 g/mol. The first-order chi connectivity index (χ1) is 12.3. The predicted molar refractivity (Wildman–Crippen MR) is 102 cm³/mol. The number of amides is 1. The summed E-state index contributed by atoms with van der Waals surface area (Å²) in [5.41, 5.74) is 0.420. The SMILES string of the molecule is C[C@H](C(=O)NC12CC3CC(CC(C3)C1)C2)N(c1ccccc1)S(C)(=O)=O. The van der Waals surface area contributed by atoms with Crippen LogP contribution < -0.4 is 9.62 Å². The van der Waals surface area contributed by atoms with Crippen LogP contribution in [0.25, 0.3) is 0 Å². The molecule has 26 heavy (non-hydrogen) atoms. The fourth-order valence-corrected chi connectivity index (χ4v) is 7.19. The van der Waals surface area contributed by atoms with Crippen LogP contribution in [0, 0.1) is 17.8 Å². The zero-order chi connectivity index (χ0) is 18.5. The van der Waals surface area contributed by atoms with E-state index < -0.39 is 16.1 Å². The summed E-state index contributed by atoms with van der Waals surface area (Å²) >= 11 is 0. The molecule has 0 unspecified atom stereocenters. The first kappa shape index (κ1) is 17.8. The third kappa shape index (κ3) is 3.24. The van der Waals surface area contributed by atoms with Gasteiger partial charge in [0.2, 0.25) is 15.9 Å². The van der Waals surface area contributed by atoms with E-state index in [2.05, 4.69) is 5.32 Å². The Balaban J connectivity index is 1.55. The molecular formula is C20H28N2O3S. The van der Waals surface area contributed by atoms with Gasteiger partial charge >= 0.3 is 0 Å². The standard InChI is InChI=1S/C20H28N2O3S/c1-14(22(26(2,24)25)18-6-4-3-5-7-18)19(23)21-20-11-15-8-16(12-20)10-17(9-15)13-20/h3-7,14-17H,8-13H2,1-2H3,(H,21,23)/t14-,15?,16?,17?,20?/m1/s1. The summed E-state index contributed by atoms with van der Waals surface area (Å²) < 4.78 is 26.0. The van der Waals surface area contributed by atoms with Gasteiger partial charge in [0.05, 0.1) is 11.9 Å². The van der Waals surface area contributed by atoms with E-state index >= 15 is 0 Å². The first-order valence-corrected chi connectivity index (χ1v) is 11.5. The van der Waals surface area contributed by atoms with E-state index in [-0.39, 0.29) is 11.4 Å². The topological polar surface area (TPSA) is 66.5 Å². The number of carbonyl (C=O) groups is 1. The number of para-hydroxylation sites is 1. The quantitative estimate of drug-likeness (QED) is 0.859. The van der Waals surface area contributed by atoms with Gasteiger partial charge in [-0.2, -0.15) is 0 Å². The molecule has 1 atom stereocenters. The molecule has 0 saturated heterocycles. The molecule has 1 aromatic rings. The average Bonchev–Trinajstić information content (AvgIpc) is 2.52. The van der Waals surface area contributed by atoms with Crippen molar-refractivity contribution >= 4 is 21.6 Å². The highest BCUT2D eigenvalue weighted by Gasteiger charge is 2.52. The van der Waals surface area contributed by atoms with Crippen molar-refractivity contribution in [2.45, 2.75) is 57.0 Å². The second-order valence-electron chi connectivity index (χ2n) is 8.76. The maximum absolute atomic E-state index is 13.1. The van der Waals surface area contributed by atoms with E-state index in [4.69, 9.17) is 0 Å². The average molecular weight is 377 g/mol. The molecule has 0 heterocycles. The molecule has 4 aliphatic carbocycles. The Morgan fingerprint density at radius 2 is 1.58 bits per heavy atom. The lowest BCUT2D eigenvalue weighted by atomic mass is 9.53. The molecule has 4 fully saturated rings. The lowest BCUT2D eigenvalue weighted by Gasteiger charge is -2.57. The van der Waals surface area contributed by atoms with Crippen LogP contribution in [-0.4, -0.2) is 32.2 Å². The van der Waals surface area contributed by atoms with Gasteiger partial charge in [-0.3, -0.25) is 9.10 Å². The molecule has 142 valence electrons. The number of nitrogens with one attached hydrogen (secondary N) is 1. The number of nitrogens with zero attached hydrogens (tertiary/aromatic N) is 1. The number of hydrogen-bond donors (Lipinski definition) is 1. The van der Waals surface area contributed by atoms with Gasteiger partial charge in [0, 0.05) is 5.54 Å². The van der Waals surface area contributed by atoms with Crippen LogP contribution in [0.2, 0.25) is 0 Å². The number of hydrogen-bond acceptors (Lipinski definition) is 3. The minimum absolute atomic E-state index is 0.111. The minimum Gasteiger partial charge on any atom is -0.349 e. The summed E-state index contributed by atoms with van der Waals surface area (Å²) in [7, 11) is -3.56. The molecule has 4 bridgehead atoms. The molecule has 4 saturated carbocycles. The molecule has 1 N–H and O–H groups in total. The van der Waals surface area contributed by atoms with E-state index in [9.17, 15) is 13.2 Å². The summed E-state index contributed by atoms with van der Waals surface area (Å²) in [6.07, 6.45) is 8.26. The Labute approximate surface area is 156 Å². The summed E-state index contributed by atoms with van der Waals surface area (Å²) in [5, 5.41) is 3.30. The van der Waals surface area contributed by atoms with Crippen LogP contribution in [-0.2, 0) is 14.8 Å². The molecule has 0 aliphatic heterocycles. The number of rotatable bonds is 5. The smallest absolute Gasteiger partial charge is 0.244 e. The Kier molecular flexibility index (Phi) is 4.29. The third-order valence-corrected chi connectivity index (χ3v) is 7.77. The Morgan fingerprint density at radius 3 is 2.04 bits per heavy atom. The van der Waals surface area contributed by atoms with Crippen molar-refractivity contribution in [3.05, 3.63) is 30.3 Å². The molecule has 6 heteroatoms. The number of sulfonamides is 1. The van der Waals surface area contributed by atoms with Gasteiger partial charge < -0.3 is 5.32 Å². The molecule has 1 amide bonds. The van der Waals surface area contributed by atoms with E-state index in [1.807, 2.05) is 6.07 Å². The van der Waals surface area contributed by atoms with Crippen LogP contribution in [0.15, 0.2) is 30.3 Å². The zero-order valence-corrected chi connectivity index (χ0v) is 16.3. The van der Waals surface area contributed by atoms with Crippen molar-refractivity contribution in [3.8, 4) is 0 Å². The summed E-state index contributed by atoms with van der Waals surface area (Å²) in [5.74, 6) is 2.02. The van der Waals surface area contributed by atoms with Crippen LogP contribution in [0.3, 0.4) is 0 Å².